The minimum atomic E-state index is -0.218. The van der Waals surface area contributed by atoms with Gasteiger partial charge in [0, 0.05) is 13.5 Å². The second-order valence-electron chi connectivity index (χ2n) is 4.46. The molecule has 0 N–H and O–H groups in total. The van der Waals surface area contributed by atoms with Gasteiger partial charge in [0.25, 0.3) is 0 Å². The van der Waals surface area contributed by atoms with E-state index >= 15 is 0 Å². The fraction of sp³-hybridized carbons (Fsp3) is 0.800. The van der Waals surface area contributed by atoms with Crippen LogP contribution < -0.4 is 0 Å². The average molecular weight is 183 g/mol. The summed E-state index contributed by atoms with van der Waals surface area (Å²) in [7, 11) is 0. The van der Waals surface area contributed by atoms with Crippen LogP contribution in [0.1, 0.15) is 34.1 Å². The maximum absolute atomic E-state index is 11.4. The molecule has 0 unspecified atom stereocenters. The normalized spacial score (nSPS) is 26.2. The molecule has 1 aliphatic heterocycles. The zero-order valence-corrected chi connectivity index (χ0v) is 8.76. The molecule has 1 aliphatic rings. The third-order valence-corrected chi connectivity index (χ3v) is 2.84. The van der Waals surface area contributed by atoms with Crippen LogP contribution in [-0.4, -0.2) is 29.2 Å². The molecule has 1 atom stereocenters. The minimum Gasteiger partial charge on any atom is -0.332 e. The highest BCUT2D eigenvalue weighted by Gasteiger charge is 2.44. The highest BCUT2D eigenvalue weighted by Crippen LogP contribution is 2.36. The molecule has 1 fully saturated rings. The van der Waals surface area contributed by atoms with Crippen molar-refractivity contribution >= 4 is 11.7 Å². The molecule has 0 bridgehead atoms. The Morgan fingerprint density at radius 2 is 1.85 bits per heavy atom. The van der Waals surface area contributed by atoms with Gasteiger partial charge in [-0.05, 0) is 18.8 Å². The van der Waals surface area contributed by atoms with Gasteiger partial charge in [-0.15, -0.1) is 0 Å². The first kappa shape index (κ1) is 10.2. The van der Waals surface area contributed by atoms with Gasteiger partial charge in [-0.3, -0.25) is 9.59 Å². The second-order valence-corrected chi connectivity index (χ2v) is 4.46. The van der Waals surface area contributed by atoms with Gasteiger partial charge in [-0.1, -0.05) is 13.8 Å². The zero-order valence-electron chi connectivity index (χ0n) is 8.76. The van der Waals surface area contributed by atoms with E-state index in [2.05, 4.69) is 0 Å². The first-order chi connectivity index (χ1) is 5.86. The summed E-state index contributed by atoms with van der Waals surface area (Å²) >= 11 is 0. The number of likely N-dealkylation sites (tertiary alicyclic amines) is 1. The van der Waals surface area contributed by atoms with Gasteiger partial charge in [0.15, 0.2) is 5.78 Å². The molecule has 0 aliphatic carbocycles. The minimum absolute atomic E-state index is 0.00535. The molecule has 0 spiro atoms. The molecule has 0 aromatic rings. The molecule has 74 valence electrons. The molecule has 1 saturated heterocycles. The summed E-state index contributed by atoms with van der Waals surface area (Å²) in [5.41, 5.74) is -0.0580. The second kappa shape index (κ2) is 3.13. The Morgan fingerprint density at radius 3 is 2.15 bits per heavy atom. The summed E-state index contributed by atoms with van der Waals surface area (Å²) in [4.78, 5) is 24.3. The third-order valence-electron chi connectivity index (χ3n) is 2.84. The topological polar surface area (TPSA) is 37.4 Å². The quantitative estimate of drug-likeness (QED) is 0.613. The number of carbonyl (C=O) groups excluding carboxylic acids is 2. The van der Waals surface area contributed by atoms with Crippen LogP contribution in [-0.2, 0) is 9.59 Å². The van der Waals surface area contributed by atoms with Crippen molar-refractivity contribution in [3.05, 3.63) is 0 Å². The Kier molecular flexibility index (Phi) is 2.46. The van der Waals surface area contributed by atoms with E-state index in [-0.39, 0.29) is 23.1 Å². The smallest absolute Gasteiger partial charge is 0.220 e. The van der Waals surface area contributed by atoms with Crippen LogP contribution in [0.15, 0.2) is 0 Å². The Bertz CT molecular complexity index is 245. The van der Waals surface area contributed by atoms with Crippen LogP contribution in [0.4, 0.5) is 0 Å². The van der Waals surface area contributed by atoms with E-state index in [1.165, 1.54) is 6.92 Å². The average Bonchev–Trinajstić information content (AvgIpc) is 2.24. The van der Waals surface area contributed by atoms with Crippen molar-refractivity contribution in [3.63, 3.8) is 0 Å². The SMILES string of the molecule is CC(=O)[C@H]1N(C(C)=O)CCC1(C)C. The van der Waals surface area contributed by atoms with Gasteiger partial charge in [0.05, 0.1) is 6.04 Å². The van der Waals surface area contributed by atoms with E-state index < -0.39 is 0 Å². The number of Topliss-reactive ketones (excluding diaryl/α,β-unsaturated/α-hetero) is 1. The van der Waals surface area contributed by atoms with Crippen LogP contribution >= 0.6 is 0 Å². The fourth-order valence-corrected chi connectivity index (χ4v) is 2.21. The van der Waals surface area contributed by atoms with Gasteiger partial charge < -0.3 is 4.90 Å². The molecule has 0 aromatic heterocycles. The predicted molar refractivity (Wildman–Crippen MR) is 50.3 cm³/mol. The lowest BCUT2D eigenvalue weighted by Crippen LogP contribution is -2.44. The van der Waals surface area contributed by atoms with Crippen LogP contribution in [0.5, 0.6) is 0 Å². The Hall–Kier alpha value is -0.860. The van der Waals surface area contributed by atoms with E-state index in [9.17, 15) is 9.59 Å². The monoisotopic (exact) mass is 183 g/mol. The van der Waals surface area contributed by atoms with Gasteiger partial charge in [0.1, 0.15) is 0 Å². The van der Waals surface area contributed by atoms with E-state index in [0.29, 0.717) is 6.54 Å². The summed E-state index contributed by atoms with van der Waals surface area (Å²) in [5, 5.41) is 0. The highest BCUT2D eigenvalue weighted by molar-refractivity contribution is 5.88. The molecular formula is C10H17NO2. The van der Waals surface area contributed by atoms with E-state index in [4.69, 9.17) is 0 Å². The number of amides is 1. The van der Waals surface area contributed by atoms with Crippen LogP contribution in [0, 0.1) is 5.41 Å². The largest absolute Gasteiger partial charge is 0.332 e. The first-order valence-corrected chi connectivity index (χ1v) is 4.64. The van der Waals surface area contributed by atoms with Gasteiger partial charge in [0.2, 0.25) is 5.91 Å². The number of rotatable bonds is 1. The van der Waals surface area contributed by atoms with Crippen molar-refractivity contribution in [2.75, 3.05) is 6.54 Å². The number of hydrogen-bond acceptors (Lipinski definition) is 2. The van der Waals surface area contributed by atoms with Gasteiger partial charge >= 0.3 is 0 Å². The number of hydrogen-bond donors (Lipinski definition) is 0. The summed E-state index contributed by atoms with van der Waals surface area (Å²) in [6, 6.07) is -0.218. The standard InChI is InChI=1S/C10H17NO2/c1-7(12)9-10(3,4)5-6-11(9)8(2)13/h9H,5-6H2,1-4H3/t9-/m1/s1. The van der Waals surface area contributed by atoms with Crippen molar-refractivity contribution in [2.24, 2.45) is 5.41 Å². The van der Waals surface area contributed by atoms with Crippen molar-refractivity contribution in [1.29, 1.82) is 0 Å². The molecule has 1 rings (SSSR count). The Morgan fingerprint density at radius 1 is 1.31 bits per heavy atom. The lowest BCUT2D eigenvalue weighted by molar-refractivity contribution is -0.137. The summed E-state index contributed by atoms with van der Waals surface area (Å²) in [5.74, 6) is 0.100. The van der Waals surface area contributed by atoms with Crippen LogP contribution in [0.2, 0.25) is 0 Å². The van der Waals surface area contributed by atoms with Crippen LogP contribution in [0.25, 0.3) is 0 Å². The van der Waals surface area contributed by atoms with Crippen molar-refractivity contribution in [3.8, 4) is 0 Å². The van der Waals surface area contributed by atoms with Gasteiger partial charge in [-0.25, -0.2) is 0 Å². The zero-order chi connectivity index (χ0) is 10.2. The van der Waals surface area contributed by atoms with Crippen LogP contribution in [0.3, 0.4) is 0 Å². The molecule has 3 heteroatoms. The summed E-state index contributed by atoms with van der Waals surface area (Å²) in [6.07, 6.45) is 0.914. The molecule has 13 heavy (non-hydrogen) atoms. The number of nitrogens with zero attached hydrogens (tertiary/aromatic N) is 1. The van der Waals surface area contributed by atoms with E-state index in [0.717, 1.165) is 6.42 Å². The molecule has 1 amide bonds. The molecule has 1 heterocycles. The predicted octanol–water partition coefficient (Wildman–Crippen LogP) is 1.22. The number of carbonyl (C=O) groups is 2. The van der Waals surface area contributed by atoms with Crippen molar-refractivity contribution in [1.82, 2.24) is 4.90 Å². The van der Waals surface area contributed by atoms with E-state index in [1.54, 1.807) is 11.8 Å². The highest BCUT2D eigenvalue weighted by atomic mass is 16.2. The lowest BCUT2D eigenvalue weighted by Gasteiger charge is -2.29. The molecule has 0 aromatic carbocycles. The Balaban J connectivity index is 2.92. The number of ketones is 1. The Labute approximate surface area is 79.1 Å². The van der Waals surface area contributed by atoms with Gasteiger partial charge in [-0.2, -0.15) is 0 Å². The van der Waals surface area contributed by atoms with Crippen molar-refractivity contribution in [2.45, 2.75) is 40.2 Å². The fourth-order valence-electron chi connectivity index (χ4n) is 2.21. The maximum atomic E-state index is 11.4. The molecule has 3 nitrogen and oxygen atoms in total. The van der Waals surface area contributed by atoms with E-state index in [1.807, 2.05) is 13.8 Å². The first-order valence-electron chi connectivity index (χ1n) is 4.64. The maximum Gasteiger partial charge on any atom is 0.220 e. The van der Waals surface area contributed by atoms with Crippen molar-refractivity contribution < 1.29 is 9.59 Å². The third kappa shape index (κ3) is 1.74. The summed E-state index contributed by atoms with van der Waals surface area (Å²) in [6.45, 7) is 7.89. The summed E-state index contributed by atoms with van der Waals surface area (Å²) < 4.78 is 0. The molecule has 0 radical (unpaired) electrons. The molecule has 0 saturated carbocycles. The molecular weight excluding hydrogens is 166 g/mol. The lowest BCUT2D eigenvalue weighted by atomic mass is 9.83.